The van der Waals surface area contributed by atoms with Crippen LogP contribution >= 0.6 is 0 Å². The summed E-state index contributed by atoms with van der Waals surface area (Å²) in [7, 11) is 0. The molecule has 0 fully saturated rings. The molecule has 0 saturated heterocycles. The molecule has 3 rings (SSSR count). The molecule has 0 spiro atoms. The predicted molar refractivity (Wildman–Crippen MR) is 124 cm³/mol. The lowest BCUT2D eigenvalue weighted by Gasteiger charge is -2.18. The first-order chi connectivity index (χ1) is 15.6. The lowest BCUT2D eigenvalue weighted by Crippen LogP contribution is -2.23. The molecule has 7 nitrogen and oxygen atoms in total. The Hall–Kier alpha value is -3.19. The number of carbonyl (C=O) groups is 1. The summed E-state index contributed by atoms with van der Waals surface area (Å²) in [6.07, 6.45) is 0.698. The third-order valence-electron chi connectivity index (χ3n) is 5.27. The second-order valence-electron chi connectivity index (χ2n) is 7.52. The number of benzene rings is 2. The van der Waals surface area contributed by atoms with Gasteiger partial charge in [0.1, 0.15) is 5.75 Å². The molecule has 170 valence electrons. The van der Waals surface area contributed by atoms with E-state index >= 15 is 0 Å². The zero-order valence-corrected chi connectivity index (χ0v) is 19.1. The van der Waals surface area contributed by atoms with Crippen molar-refractivity contribution in [2.75, 3.05) is 19.7 Å². The van der Waals surface area contributed by atoms with Crippen LogP contribution in [0.2, 0.25) is 0 Å². The van der Waals surface area contributed by atoms with Gasteiger partial charge in [-0.3, -0.25) is 9.69 Å². The Morgan fingerprint density at radius 1 is 1.00 bits per heavy atom. The number of hydrogen-bond acceptors (Lipinski definition) is 6. The standard InChI is InChI=1S/C25H32N4O3/c1-4-29(5-2)18-20-9-7-19(8-10-20)17-26-23(30)15-16-24-27-25(28-32-24)21-11-13-22(14-12-21)31-6-3/h7-14H,4-6,15-18H2,1-3H3,(H,26,30). The average Bonchev–Trinajstić information content (AvgIpc) is 3.30. The molecule has 7 heteroatoms. The van der Waals surface area contributed by atoms with Crippen molar-refractivity contribution in [1.29, 1.82) is 0 Å². The molecule has 0 atom stereocenters. The number of aryl methyl sites for hydroxylation is 1. The van der Waals surface area contributed by atoms with E-state index in [1.807, 2.05) is 31.2 Å². The molecule has 2 aromatic carbocycles. The Bertz CT molecular complexity index is 964. The van der Waals surface area contributed by atoms with Crippen molar-refractivity contribution >= 4 is 5.91 Å². The van der Waals surface area contributed by atoms with Gasteiger partial charge in [-0.1, -0.05) is 43.3 Å². The van der Waals surface area contributed by atoms with Gasteiger partial charge in [0, 0.05) is 31.5 Å². The first-order valence-corrected chi connectivity index (χ1v) is 11.2. The molecule has 3 aromatic rings. The van der Waals surface area contributed by atoms with E-state index in [-0.39, 0.29) is 5.91 Å². The summed E-state index contributed by atoms with van der Waals surface area (Å²) < 4.78 is 10.7. The normalized spacial score (nSPS) is 11.0. The van der Waals surface area contributed by atoms with Crippen LogP contribution in [0.15, 0.2) is 53.1 Å². The topological polar surface area (TPSA) is 80.5 Å². The number of carbonyl (C=O) groups excluding carboxylic acids is 1. The van der Waals surface area contributed by atoms with E-state index in [1.165, 1.54) is 5.56 Å². The number of nitrogens with zero attached hydrogens (tertiary/aromatic N) is 3. The Morgan fingerprint density at radius 3 is 2.34 bits per heavy atom. The van der Waals surface area contributed by atoms with E-state index in [0.717, 1.165) is 36.5 Å². The molecule has 0 radical (unpaired) electrons. The van der Waals surface area contributed by atoms with Crippen LogP contribution in [0.25, 0.3) is 11.4 Å². The van der Waals surface area contributed by atoms with Crippen molar-refractivity contribution in [1.82, 2.24) is 20.4 Å². The van der Waals surface area contributed by atoms with E-state index in [2.05, 4.69) is 58.5 Å². The molecule has 0 unspecified atom stereocenters. The maximum Gasteiger partial charge on any atom is 0.227 e. The fraction of sp³-hybridized carbons (Fsp3) is 0.400. The Morgan fingerprint density at radius 2 is 1.69 bits per heavy atom. The molecular weight excluding hydrogens is 404 g/mol. The van der Waals surface area contributed by atoms with Gasteiger partial charge in [-0.25, -0.2) is 0 Å². The van der Waals surface area contributed by atoms with Gasteiger partial charge >= 0.3 is 0 Å². The highest BCUT2D eigenvalue weighted by Crippen LogP contribution is 2.20. The summed E-state index contributed by atoms with van der Waals surface area (Å²) in [6, 6.07) is 15.9. The van der Waals surface area contributed by atoms with Crippen molar-refractivity contribution < 1.29 is 14.1 Å². The molecule has 32 heavy (non-hydrogen) atoms. The van der Waals surface area contributed by atoms with Crippen LogP contribution in [0.4, 0.5) is 0 Å². The highest BCUT2D eigenvalue weighted by Gasteiger charge is 2.11. The van der Waals surface area contributed by atoms with Crippen LogP contribution in [0, 0.1) is 0 Å². The maximum absolute atomic E-state index is 12.2. The summed E-state index contributed by atoms with van der Waals surface area (Å²) in [5.41, 5.74) is 3.21. The van der Waals surface area contributed by atoms with E-state index in [9.17, 15) is 4.79 Å². The largest absolute Gasteiger partial charge is 0.494 e. The first kappa shape index (κ1) is 23.5. The molecule has 0 saturated carbocycles. The van der Waals surface area contributed by atoms with Gasteiger partial charge in [0.2, 0.25) is 17.6 Å². The number of ether oxygens (including phenoxy) is 1. The van der Waals surface area contributed by atoms with Crippen molar-refractivity contribution in [2.45, 2.75) is 46.7 Å². The smallest absolute Gasteiger partial charge is 0.227 e. The maximum atomic E-state index is 12.2. The van der Waals surface area contributed by atoms with Crippen molar-refractivity contribution in [2.24, 2.45) is 0 Å². The summed E-state index contributed by atoms with van der Waals surface area (Å²) in [5, 5.41) is 6.97. The number of amides is 1. The van der Waals surface area contributed by atoms with Gasteiger partial charge in [0.05, 0.1) is 6.61 Å². The van der Waals surface area contributed by atoms with Crippen LogP contribution in [0.5, 0.6) is 5.75 Å². The van der Waals surface area contributed by atoms with Gasteiger partial charge in [0.15, 0.2) is 0 Å². The third kappa shape index (κ3) is 6.92. The highest BCUT2D eigenvalue weighted by molar-refractivity contribution is 5.76. The van der Waals surface area contributed by atoms with Crippen LogP contribution < -0.4 is 10.1 Å². The fourth-order valence-electron chi connectivity index (χ4n) is 3.32. The van der Waals surface area contributed by atoms with Crippen molar-refractivity contribution in [3.8, 4) is 17.1 Å². The minimum absolute atomic E-state index is 0.0435. The predicted octanol–water partition coefficient (Wildman–Crippen LogP) is 4.23. The zero-order valence-electron chi connectivity index (χ0n) is 19.1. The molecule has 1 N–H and O–H groups in total. The van der Waals surface area contributed by atoms with Crippen molar-refractivity contribution in [3.05, 3.63) is 65.5 Å². The van der Waals surface area contributed by atoms with E-state index < -0.39 is 0 Å². The van der Waals surface area contributed by atoms with Crippen LogP contribution in [0.3, 0.4) is 0 Å². The number of aromatic nitrogens is 2. The Balaban J connectivity index is 1.43. The molecule has 1 heterocycles. The molecule has 0 aliphatic heterocycles. The SMILES string of the molecule is CCOc1ccc(-c2noc(CCC(=O)NCc3ccc(CN(CC)CC)cc3)n2)cc1. The summed E-state index contributed by atoms with van der Waals surface area (Å²) >= 11 is 0. The second kappa shape index (κ2) is 12.0. The van der Waals surface area contributed by atoms with Crippen LogP contribution in [0.1, 0.15) is 44.2 Å². The van der Waals surface area contributed by atoms with E-state index in [1.54, 1.807) is 0 Å². The molecule has 0 aliphatic carbocycles. The lowest BCUT2D eigenvalue weighted by molar-refractivity contribution is -0.121. The number of hydrogen-bond donors (Lipinski definition) is 1. The average molecular weight is 437 g/mol. The first-order valence-electron chi connectivity index (χ1n) is 11.2. The van der Waals surface area contributed by atoms with Gasteiger partial charge in [-0.2, -0.15) is 4.98 Å². The molecule has 1 amide bonds. The number of nitrogens with one attached hydrogen (secondary N) is 1. The quantitative estimate of drug-likeness (QED) is 0.458. The van der Waals surface area contributed by atoms with Crippen molar-refractivity contribution in [3.63, 3.8) is 0 Å². The third-order valence-corrected chi connectivity index (χ3v) is 5.27. The second-order valence-corrected chi connectivity index (χ2v) is 7.52. The molecule has 0 bridgehead atoms. The summed E-state index contributed by atoms with van der Waals surface area (Å²) in [4.78, 5) is 19.0. The molecule has 1 aromatic heterocycles. The monoisotopic (exact) mass is 436 g/mol. The Labute approximate surface area is 189 Å². The van der Waals surface area contributed by atoms with E-state index in [4.69, 9.17) is 9.26 Å². The van der Waals surface area contributed by atoms with Crippen LogP contribution in [-0.2, 0) is 24.3 Å². The van der Waals surface area contributed by atoms with E-state index in [0.29, 0.717) is 37.7 Å². The zero-order chi connectivity index (χ0) is 22.8. The van der Waals surface area contributed by atoms with Gasteiger partial charge in [-0.15, -0.1) is 0 Å². The van der Waals surface area contributed by atoms with Gasteiger partial charge < -0.3 is 14.6 Å². The molecular formula is C25H32N4O3. The van der Waals surface area contributed by atoms with Crippen LogP contribution in [-0.4, -0.2) is 40.6 Å². The lowest BCUT2D eigenvalue weighted by atomic mass is 10.1. The summed E-state index contributed by atoms with van der Waals surface area (Å²) in [6.45, 7) is 10.4. The summed E-state index contributed by atoms with van der Waals surface area (Å²) in [5.74, 6) is 1.71. The number of rotatable bonds is 12. The minimum atomic E-state index is -0.0435. The highest BCUT2D eigenvalue weighted by atomic mass is 16.5. The molecule has 0 aliphatic rings. The minimum Gasteiger partial charge on any atom is -0.494 e. The Kier molecular flexibility index (Phi) is 8.80. The fourth-order valence-corrected chi connectivity index (χ4v) is 3.32. The van der Waals surface area contributed by atoms with Gasteiger partial charge in [-0.05, 0) is 55.4 Å². The van der Waals surface area contributed by atoms with Gasteiger partial charge in [0.25, 0.3) is 0 Å².